The lowest BCUT2D eigenvalue weighted by atomic mass is 9.89. The lowest BCUT2D eigenvalue weighted by molar-refractivity contribution is -0.137. The van der Waals surface area contributed by atoms with Crippen LogP contribution in [0.3, 0.4) is 0 Å². The number of likely N-dealkylation sites (tertiary alicyclic amines) is 1. The monoisotopic (exact) mass is 489 g/mol. The Balaban J connectivity index is 1.57. The number of halogens is 4. The van der Waals surface area contributed by atoms with Crippen LogP contribution in [0.15, 0.2) is 55.0 Å². The highest BCUT2D eigenvalue weighted by atomic mass is 35.5. The molecule has 3 aromatic rings. The molecule has 0 saturated carbocycles. The van der Waals surface area contributed by atoms with E-state index in [1.54, 1.807) is 41.6 Å². The van der Waals surface area contributed by atoms with E-state index >= 15 is 0 Å². The second-order valence-electron chi connectivity index (χ2n) is 8.23. The second-order valence-corrected chi connectivity index (χ2v) is 8.64. The van der Waals surface area contributed by atoms with Gasteiger partial charge in [0.2, 0.25) is 0 Å². The lowest BCUT2D eigenvalue weighted by Crippen LogP contribution is -2.51. The van der Waals surface area contributed by atoms with Crippen LogP contribution >= 0.6 is 11.6 Å². The van der Waals surface area contributed by atoms with Crippen LogP contribution in [-0.4, -0.2) is 44.9 Å². The third-order valence-electron chi connectivity index (χ3n) is 5.99. The maximum Gasteiger partial charge on any atom is 0.417 e. The van der Waals surface area contributed by atoms with Crippen molar-refractivity contribution in [3.05, 3.63) is 71.1 Å². The van der Waals surface area contributed by atoms with Gasteiger partial charge in [-0.25, -0.2) is 15.0 Å². The number of rotatable bonds is 5. The molecule has 0 radical (unpaired) electrons. The fourth-order valence-corrected chi connectivity index (χ4v) is 4.46. The van der Waals surface area contributed by atoms with Gasteiger partial charge in [-0.15, -0.1) is 0 Å². The quantitative estimate of drug-likeness (QED) is 0.508. The van der Waals surface area contributed by atoms with Crippen LogP contribution in [0, 0.1) is 5.92 Å². The summed E-state index contributed by atoms with van der Waals surface area (Å²) in [7, 11) is 0. The molecule has 34 heavy (non-hydrogen) atoms. The molecule has 3 heterocycles. The SMILES string of the molecule is CC1CCCN(C(=O)c2cccc(Cl)c2-c2ncccn2)C1CNc1ccc(C(F)(F)F)cn1. The molecular weight excluding hydrogens is 467 g/mol. The van der Waals surface area contributed by atoms with E-state index in [1.165, 1.54) is 6.07 Å². The van der Waals surface area contributed by atoms with Crippen molar-refractivity contribution in [2.45, 2.75) is 32.0 Å². The van der Waals surface area contributed by atoms with E-state index in [2.05, 4.69) is 27.2 Å². The summed E-state index contributed by atoms with van der Waals surface area (Å²) >= 11 is 6.45. The molecule has 0 bridgehead atoms. The number of aromatic nitrogens is 3. The topological polar surface area (TPSA) is 71.0 Å². The number of anilines is 1. The van der Waals surface area contributed by atoms with Crippen molar-refractivity contribution in [1.82, 2.24) is 19.9 Å². The number of nitrogens with one attached hydrogen (secondary N) is 1. The number of alkyl halides is 3. The van der Waals surface area contributed by atoms with E-state index in [0.717, 1.165) is 25.1 Å². The molecule has 0 spiro atoms. The summed E-state index contributed by atoms with van der Waals surface area (Å²) in [5.74, 6) is 0.670. The molecule has 178 valence electrons. The fraction of sp³-hybridized carbons (Fsp3) is 0.333. The van der Waals surface area contributed by atoms with Gasteiger partial charge in [-0.05, 0) is 49.1 Å². The number of piperidine rings is 1. The Bertz CT molecular complexity index is 1140. The number of amides is 1. The van der Waals surface area contributed by atoms with E-state index in [4.69, 9.17) is 11.6 Å². The van der Waals surface area contributed by atoms with Gasteiger partial charge in [0.05, 0.1) is 27.8 Å². The molecule has 1 saturated heterocycles. The van der Waals surface area contributed by atoms with Crippen molar-refractivity contribution in [2.24, 2.45) is 5.92 Å². The maximum atomic E-state index is 13.7. The van der Waals surface area contributed by atoms with Crippen molar-refractivity contribution >= 4 is 23.3 Å². The number of nitrogens with zero attached hydrogens (tertiary/aromatic N) is 4. The van der Waals surface area contributed by atoms with Gasteiger partial charge >= 0.3 is 6.18 Å². The van der Waals surface area contributed by atoms with Gasteiger partial charge < -0.3 is 10.2 Å². The first-order valence-corrected chi connectivity index (χ1v) is 11.3. The van der Waals surface area contributed by atoms with Crippen LogP contribution in [-0.2, 0) is 6.18 Å². The lowest BCUT2D eigenvalue weighted by Gasteiger charge is -2.40. The molecule has 2 unspecified atom stereocenters. The first-order chi connectivity index (χ1) is 16.3. The zero-order valence-electron chi connectivity index (χ0n) is 18.4. The van der Waals surface area contributed by atoms with E-state index in [0.29, 0.717) is 40.9 Å². The Morgan fingerprint density at radius 2 is 1.91 bits per heavy atom. The highest BCUT2D eigenvalue weighted by molar-refractivity contribution is 6.34. The molecule has 1 aliphatic heterocycles. The highest BCUT2D eigenvalue weighted by Crippen LogP contribution is 2.33. The summed E-state index contributed by atoms with van der Waals surface area (Å²) < 4.78 is 38.4. The van der Waals surface area contributed by atoms with Crippen LogP contribution < -0.4 is 5.32 Å². The number of benzene rings is 1. The second kappa shape index (κ2) is 9.97. The van der Waals surface area contributed by atoms with Gasteiger partial charge in [0.25, 0.3) is 5.91 Å². The van der Waals surface area contributed by atoms with Crippen LogP contribution in [0.1, 0.15) is 35.7 Å². The van der Waals surface area contributed by atoms with Gasteiger partial charge in [0, 0.05) is 31.7 Å². The Labute approximate surface area is 200 Å². The minimum Gasteiger partial charge on any atom is -0.368 e. The third kappa shape index (κ3) is 5.14. The van der Waals surface area contributed by atoms with Gasteiger partial charge in [0.1, 0.15) is 5.82 Å². The highest BCUT2D eigenvalue weighted by Gasteiger charge is 2.34. The Hall–Kier alpha value is -3.20. The van der Waals surface area contributed by atoms with E-state index in [1.807, 2.05) is 0 Å². The van der Waals surface area contributed by atoms with Crippen molar-refractivity contribution < 1.29 is 18.0 Å². The smallest absolute Gasteiger partial charge is 0.368 e. The van der Waals surface area contributed by atoms with Crippen LogP contribution in [0.25, 0.3) is 11.4 Å². The van der Waals surface area contributed by atoms with Crippen LogP contribution in [0.2, 0.25) is 5.02 Å². The summed E-state index contributed by atoms with van der Waals surface area (Å²) in [5.41, 5.74) is 0.0760. The Kier molecular flexibility index (Phi) is 7.02. The number of pyridine rings is 1. The summed E-state index contributed by atoms with van der Waals surface area (Å²) in [6, 6.07) is 8.90. The molecular formula is C24H23ClF3N5O. The molecule has 2 aromatic heterocycles. The Morgan fingerprint density at radius 1 is 1.15 bits per heavy atom. The molecule has 1 aliphatic rings. The van der Waals surface area contributed by atoms with Crippen molar-refractivity contribution in [2.75, 3.05) is 18.4 Å². The van der Waals surface area contributed by atoms with Crippen molar-refractivity contribution in [3.63, 3.8) is 0 Å². The summed E-state index contributed by atoms with van der Waals surface area (Å²) in [4.78, 5) is 27.9. The predicted molar refractivity (Wildman–Crippen MR) is 123 cm³/mol. The van der Waals surface area contributed by atoms with Gasteiger partial charge in [-0.3, -0.25) is 4.79 Å². The molecule has 1 aromatic carbocycles. The van der Waals surface area contributed by atoms with Gasteiger partial charge in [0.15, 0.2) is 5.82 Å². The Morgan fingerprint density at radius 3 is 2.59 bits per heavy atom. The zero-order valence-corrected chi connectivity index (χ0v) is 19.1. The van der Waals surface area contributed by atoms with Crippen molar-refractivity contribution in [1.29, 1.82) is 0 Å². The van der Waals surface area contributed by atoms with Gasteiger partial charge in [-0.2, -0.15) is 13.2 Å². The largest absolute Gasteiger partial charge is 0.417 e. The van der Waals surface area contributed by atoms with Gasteiger partial charge in [-0.1, -0.05) is 24.6 Å². The molecule has 1 N–H and O–H groups in total. The van der Waals surface area contributed by atoms with Crippen LogP contribution in [0.5, 0.6) is 0 Å². The van der Waals surface area contributed by atoms with Crippen molar-refractivity contribution in [3.8, 4) is 11.4 Å². The number of carbonyl (C=O) groups excluding carboxylic acids is 1. The molecule has 1 fully saturated rings. The molecule has 1 amide bonds. The molecule has 0 aliphatic carbocycles. The standard InChI is InChI=1S/C24H23ClF3N5O/c1-15-5-3-12-33(19(15)14-32-20-9-8-16(13-31-20)24(26,27)28)23(34)17-6-2-7-18(25)21(17)22-29-10-4-11-30-22/h2,4,6-11,13,15,19H,3,5,12,14H2,1H3,(H,31,32). The summed E-state index contributed by atoms with van der Waals surface area (Å²) in [5, 5.41) is 3.47. The first kappa shape index (κ1) is 23.9. The minimum absolute atomic E-state index is 0.176. The predicted octanol–water partition coefficient (Wildman–Crippen LogP) is 5.56. The molecule has 4 rings (SSSR count). The third-order valence-corrected chi connectivity index (χ3v) is 6.31. The fourth-order valence-electron chi connectivity index (χ4n) is 4.20. The average molecular weight is 490 g/mol. The van der Waals surface area contributed by atoms with E-state index < -0.39 is 11.7 Å². The summed E-state index contributed by atoms with van der Waals surface area (Å²) in [6.45, 7) is 2.96. The minimum atomic E-state index is -4.44. The summed E-state index contributed by atoms with van der Waals surface area (Å²) in [6.07, 6.45) is 1.32. The number of hydrogen-bond acceptors (Lipinski definition) is 5. The number of carbonyl (C=O) groups is 1. The molecule has 2 atom stereocenters. The zero-order chi connectivity index (χ0) is 24.3. The van der Waals surface area contributed by atoms with E-state index in [9.17, 15) is 18.0 Å². The van der Waals surface area contributed by atoms with E-state index in [-0.39, 0.29) is 17.9 Å². The van der Waals surface area contributed by atoms with Crippen LogP contribution in [0.4, 0.5) is 19.0 Å². The number of hydrogen-bond donors (Lipinski definition) is 1. The average Bonchev–Trinajstić information content (AvgIpc) is 2.83. The molecule has 10 heteroatoms. The molecule has 6 nitrogen and oxygen atoms in total. The maximum absolute atomic E-state index is 13.7. The first-order valence-electron chi connectivity index (χ1n) is 10.9. The normalized spacial score (nSPS) is 18.6.